The van der Waals surface area contributed by atoms with Crippen molar-refractivity contribution in [1.82, 2.24) is 9.97 Å². The maximum absolute atomic E-state index is 12.6. The average Bonchev–Trinajstić information content (AvgIpc) is 2.61. The van der Waals surface area contributed by atoms with Crippen LogP contribution < -0.4 is 5.32 Å². The molecule has 0 aliphatic heterocycles. The van der Waals surface area contributed by atoms with Gasteiger partial charge in [-0.25, -0.2) is 0 Å². The second kappa shape index (κ2) is 8.53. The van der Waals surface area contributed by atoms with E-state index in [4.69, 9.17) is 23.2 Å². The zero-order chi connectivity index (χ0) is 20.1. The first-order chi connectivity index (χ1) is 13.3. The number of halogens is 5. The average molecular weight is 426 g/mol. The summed E-state index contributed by atoms with van der Waals surface area (Å²) in [6.45, 7) is 0.0745. The minimum Gasteiger partial charge on any atom is -0.340 e. The van der Waals surface area contributed by atoms with Crippen molar-refractivity contribution in [2.45, 2.75) is 12.7 Å². The SMILES string of the molecule is FC(F)(F)c1ccc(CN=Nc2nc(Cl)cc(Nc3cccc(Cl)c3)n2)cc1. The number of nitrogens with one attached hydrogen (secondary N) is 1. The molecule has 0 radical (unpaired) electrons. The van der Waals surface area contributed by atoms with Crippen LogP contribution in [-0.4, -0.2) is 9.97 Å². The number of aromatic nitrogens is 2. The number of hydrogen-bond donors (Lipinski definition) is 1. The van der Waals surface area contributed by atoms with Crippen LogP contribution in [0.4, 0.5) is 30.6 Å². The first-order valence-electron chi connectivity index (χ1n) is 7.90. The van der Waals surface area contributed by atoms with Crippen molar-refractivity contribution in [2.75, 3.05) is 5.32 Å². The number of benzene rings is 2. The van der Waals surface area contributed by atoms with Crippen molar-refractivity contribution in [1.29, 1.82) is 0 Å². The molecule has 0 bridgehead atoms. The lowest BCUT2D eigenvalue weighted by molar-refractivity contribution is -0.137. The lowest BCUT2D eigenvalue weighted by Crippen LogP contribution is -2.04. The van der Waals surface area contributed by atoms with Gasteiger partial charge in [0.1, 0.15) is 11.0 Å². The van der Waals surface area contributed by atoms with Crippen LogP contribution in [0.1, 0.15) is 11.1 Å². The molecule has 28 heavy (non-hydrogen) atoms. The molecule has 0 unspecified atom stereocenters. The van der Waals surface area contributed by atoms with E-state index in [2.05, 4.69) is 25.5 Å². The summed E-state index contributed by atoms with van der Waals surface area (Å²) in [5, 5.41) is 11.5. The van der Waals surface area contributed by atoms with Gasteiger partial charge in [0, 0.05) is 16.8 Å². The summed E-state index contributed by atoms with van der Waals surface area (Å²) in [5.74, 6) is 0.412. The van der Waals surface area contributed by atoms with Gasteiger partial charge in [-0.3, -0.25) is 0 Å². The van der Waals surface area contributed by atoms with Crippen LogP contribution >= 0.6 is 23.2 Å². The summed E-state index contributed by atoms with van der Waals surface area (Å²) in [4.78, 5) is 8.13. The molecule has 0 spiro atoms. The summed E-state index contributed by atoms with van der Waals surface area (Å²) in [6.07, 6.45) is -4.37. The van der Waals surface area contributed by atoms with Crippen molar-refractivity contribution in [3.05, 3.63) is 75.9 Å². The number of alkyl halides is 3. The van der Waals surface area contributed by atoms with Gasteiger partial charge in [-0.05, 0) is 35.9 Å². The van der Waals surface area contributed by atoms with Crippen molar-refractivity contribution in [3.63, 3.8) is 0 Å². The van der Waals surface area contributed by atoms with Gasteiger partial charge in [0.15, 0.2) is 0 Å². The van der Waals surface area contributed by atoms with E-state index >= 15 is 0 Å². The molecule has 0 aliphatic rings. The monoisotopic (exact) mass is 425 g/mol. The molecule has 10 heteroatoms. The van der Waals surface area contributed by atoms with E-state index < -0.39 is 11.7 Å². The molecule has 0 saturated heterocycles. The molecule has 3 aromatic rings. The summed E-state index contributed by atoms with van der Waals surface area (Å²) in [5.41, 5.74) is 0.550. The number of nitrogens with zero attached hydrogens (tertiary/aromatic N) is 4. The van der Waals surface area contributed by atoms with E-state index in [1.54, 1.807) is 24.3 Å². The largest absolute Gasteiger partial charge is 0.416 e. The molecule has 0 fully saturated rings. The second-order valence-electron chi connectivity index (χ2n) is 5.61. The lowest BCUT2D eigenvalue weighted by atomic mass is 10.1. The molecule has 5 nitrogen and oxygen atoms in total. The molecule has 144 valence electrons. The van der Waals surface area contributed by atoms with Crippen LogP contribution in [0.2, 0.25) is 10.2 Å². The van der Waals surface area contributed by atoms with Gasteiger partial charge in [-0.15, -0.1) is 5.11 Å². The van der Waals surface area contributed by atoms with Gasteiger partial charge >= 0.3 is 6.18 Å². The molecular weight excluding hydrogens is 414 g/mol. The zero-order valence-corrected chi connectivity index (χ0v) is 15.6. The number of rotatable bonds is 5. The van der Waals surface area contributed by atoms with Crippen LogP contribution in [0.25, 0.3) is 0 Å². The molecule has 0 atom stereocenters. The first kappa shape index (κ1) is 20.0. The van der Waals surface area contributed by atoms with Gasteiger partial charge < -0.3 is 5.32 Å². The molecule has 1 heterocycles. The molecular formula is C18H12Cl2F3N5. The summed E-state index contributed by atoms with van der Waals surface area (Å²) >= 11 is 11.9. The van der Waals surface area contributed by atoms with E-state index in [1.165, 1.54) is 18.2 Å². The Kier molecular flexibility index (Phi) is 6.11. The summed E-state index contributed by atoms with van der Waals surface area (Å²) in [6, 6.07) is 13.2. The molecule has 1 N–H and O–H groups in total. The van der Waals surface area contributed by atoms with Crippen molar-refractivity contribution < 1.29 is 13.2 Å². The Labute approximate surface area is 168 Å². The zero-order valence-electron chi connectivity index (χ0n) is 14.1. The third kappa shape index (κ3) is 5.64. The highest BCUT2D eigenvalue weighted by atomic mass is 35.5. The predicted molar refractivity (Wildman–Crippen MR) is 101 cm³/mol. The van der Waals surface area contributed by atoms with Crippen LogP contribution in [0.3, 0.4) is 0 Å². The fraction of sp³-hybridized carbons (Fsp3) is 0.111. The van der Waals surface area contributed by atoms with Crippen LogP contribution in [0, 0.1) is 0 Å². The van der Waals surface area contributed by atoms with E-state index in [0.717, 1.165) is 12.1 Å². The second-order valence-corrected chi connectivity index (χ2v) is 6.43. The van der Waals surface area contributed by atoms with Gasteiger partial charge in [0.2, 0.25) is 0 Å². The van der Waals surface area contributed by atoms with Crippen LogP contribution in [0.15, 0.2) is 64.8 Å². The highest BCUT2D eigenvalue weighted by Crippen LogP contribution is 2.29. The quantitative estimate of drug-likeness (QED) is 0.359. The molecule has 1 aromatic heterocycles. The van der Waals surface area contributed by atoms with E-state index in [0.29, 0.717) is 22.1 Å². The van der Waals surface area contributed by atoms with Gasteiger partial charge in [0.25, 0.3) is 5.95 Å². The maximum atomic E-state index is 12.6. The number of anilines is 2. The minimum atomic E-state index is -4.37. The van der Waals surface area contributed by atoms with Crippen molar-refractivity contribution in [2.24, 2.45) is 10.2 Å². The van der Waals surface area contributed by atoms with E-state index in [9.17, 15) is 13.2 Å². The Morgan fingerprint density at radius 3 is 2.39 bits per heavy atom. The van der Waals surface area contributed by atoms with Gasteiger partial charge in [-0.1, -0.05) is 41.4 Å². The van der Waals surface area contributed by atoms with E-state index in [1.807, 2.05) is 0 Å². The number of hydrogen-bond acceptors (Lipinski definition) is 5. The Morgan fingerprint density at radius 2 is 1.71 bits per heavy atom. The molecule has 2 aromatic carbocycles. The highest BCUT2D eigenvalue weighted by Gasteiger charge is 2.29. The molecule has 0 aliphatic carbocycles. The number of azo groups is 1. The Balaban J connectivity index is 1.69. The Hall–Kier alpha value is -2.71. The standard InChI is InChI=1S/C18H12Cl2F3N5/c19-13-2-1-3-14(8-13)25-16-9-15(20)26-17(27-16)28-24-10-11-4-6-12(7-5-11)18(21,22)23/h1-9H,10H2,(H,25,26,27). The fourth-order valence-electron chi connectivity index (χ4n) is 2.21. The van der Waals surface area contributed by atoms with Gasteiger partial charge in [-0.2, -0.15) is 28.3 Å². The minimum absolute atomic E-state index is 0.0175. The highest BCUT2D eigenvalue weighted by molar-refractivity contribution is 6.31. The fourth-order valence-corrected chi connectivity index (χ4v) is 2.58. The lowest BCUT2D eigenvalue weighted by Gasteiger charge is -2.07. The van der Waals surface area contributed by atoms with Crippen molar-refractivity contribution in [3.8, 4) is 0 Å². The normalized spacial score (nSPS) is 11.8. The van der Waals surface area contributed by atoms with Gasteiger partial charge in [0.05, 0.1) is 12.1 Å². The smallest absolute Gasteiger partial charge is 0.340 e. The first-order valence-corrected chi connectivity index (χ1v) is 8.66. The molecule has 3 rings (SSSR count). The van der Waals surface area contributed by atoms with Crippen molar-refractivity contribution >= 4 is 40.7 Å². The Morgan fingerprint density at radius 1 is 0.964 bits per heavy atom. The Bertz CT molecular complexity index is 991. The summed E-state index contributed by atoms with van der Waals surface area (Å²) in [7, 11) is 0. The predicted octanol–water partition coefficient (Wildman–Crippen LogP) is 6.83. The van der Waals surface area contributed by atoms with E-state index in [-0.39, 0.29) is 17.6 Å². The third-order valence-corrected chi connectivity index (χ3v) is 3.90. The molecule has 0 amide bonds. The van der Waals surface area contributed by atoms with Crippen LogP contribution in [0.5, 0.6) is 0 Å². The maximum Gasteiger partial charge on any atom is 0.416 e. The summed E-state index contributed by atoms with van der Waals surface area (Å²) < 4.78 is 37.7. The molecule has 0 saturated carbocycles. The van der Waals surface area contributed by atoms with Crippen LogP contribution in [-0.2, 0) is 12.7 Å². The third-order valence-electron chi connectivity index (χ3n) is 3.47. The topological polar surface area (TPSA) is 62.5 Å².